The summed E-state index contributed by atoms with van der Waals surface area (Å²) < 4.78 is 43.3. The Balaban J connectivity index is 1.92. The van der Waals surface area contributed by atoms with Gasteiger partial charge in [0.25, 0.3) is 0 Å². The Hall–Kier alpha value is -1.91. The van der Waals surface area contributed by atoms with Crippen molar-refractivity contribution in [1.29, 1.82) is 0 Å². The third-order valence-corrected chi connectivity index (χ3v) is 5.74. The van der Waals surface area contributed by atoms with Crippen LogP contribution in [0, 0.1) is 11.6 Å². The number of unbranched alkanes of at least 4 members (excludes halogenated alkanes) is 8. The topological polar surface area (TPSA) is 25.8 Å². The van der Waals surface area contributed by atoms with Crippen LogP contribution in [-0.2, 0) is 12.8 Å². The first-order valence-corrected chi connectivity index (χ1v) is 12.0. The zero-order valence-corrected chi connectivity index (χ0v) is 19.1. The molecule has 0 N–H and O–H groups in total. The van der Waals surface area contributed by atoms with E-state index < -0.39 is 17.8 Å². The minimum Gasteiger partial charge on any atom is -0.247 e. The van der Waals surface area contributed by atoms with Gasteiger partial charge in [-0.3, -0.25) is 0 Å². The molecular formula is C26H37F3N2. The molecule has 0 aliphatic heterocycles. The fourth-order valence-electron chi connectivity index (χ4n) is 3.79. The smallest absolute Gasteiger partial charge is 0.170 e. The highest BCUT2D eigenvalue weighted by atomic mass is 19.2. The average Bonchev–Trinajstić information content (AvgIpc) is 2.78. The van der Waals surface area contributed by atoms with Crippen LogP contribution in [0.25, 0.3) is 11.4 Å². The van der Waals surface area contributed by atoms with Gasteiger partial charge in [-0.1, -0.05) is 77.7 Å². The summed E-state index contributed by atoms with van der Waals surface area (Å²) in [4.78, 5) is 8.47. The van der Waals surface area contributed by atoms with Crippen LogP contribution in [0.4, 0.5) is 13.2 Å². The summed E-state index contributed by atoms with van der Waals surface area (Å²) in [7, 11) is 0. The first kappa shape index (κ1) is 25.4. The van der Waals surface area contributed by atoms with Gasteiger partial charge in [0, 0.05) is 18.8 Å². The molecule has 0 amide bonds. The third-order valence-electron chi connectivity index (χ3n) is 5.74. The number of hydrogen-bond acceptors (Lipinski definition) is 2. The molecule has 0 radical (unpaired) electrons. The van der Waals surface area contributed by atoms with E-state index in [1.165, 1.54) is 44.2 Å². The fraction of sp³-hybridized carbons (Fsp3) is 0.615. The second-order valence-corrected chi connectivity index (χ2v) is 8.48. The first-order valence-electron chi connectivity index (χ1n) is 12.0. The average molecular weight is 435 g/mol. The molecule has 1 unspecified atom stereocenters. The molecule has 1 atom stereocenters. The summed E-state index contributed by atoms with van der Waals surface area (Å²) in [5.74, 6) is -1.83. The predicted octanol–water partition coefficient (Wildman–Crippen LogP) is 8.18. The lowest BCUT2D eigenvalue weighted by atomic mass is 10.0. The van der Waals surface area contributed by atoms with Crippen LogP contribution >= 0.6 is 0 Å². The molecule has 1 aromatic heterocycles. The Labute approximate surface area is 185 Å². The summed E-state index contributed by atoms with van der Waals surface area (Å²) in [6.07, 6.45) is 14.6. The van der Waals surface area contributed by atoms with Gasteiger partial charge in [0.2, 0.25) is 0 Å². The maximum absolute atomic E-state index is 14.6. The summed E-state index contributed by atoms with van der Waals surface area (Å²) in [6.45, 7) is 4.30. The summed E-state index contributed by atoms with van der Waals surface area (Å²) in [5, 5.41) is 0. The third kappa shape index (κ3) is 8.62. The molecule has 2 aromatic rings. The number of benzene rings is 1. The maximum atomic E-state index is 14.6. The van der Waals surface area contributed by atoms with E-state index in [9.17, 15) is 13.2 Å². The van der Waals surface area contributed by atoms with E-state index in [0.29, 0.717) is 6.42 Å². The van der Waals surface area contributed by atoms with Crippen molar-refractivity contribution in [2.45, 2.75) is 103 Å². The molecule has 1 aromatic carbocycles. The van der Waals surface area contributed by atoms with E-state index in [4.69, 9.17) is 0 Å². The predicted molar refractivity (Wildman–Crippen MR) is 122 cm³/mol. The number of halogens is 3. The Morgan fingerprint density at radius 3 is 2.06 bits per heavy atom. The molecule has 0 bridgehead atoms. The Morgan fingerprint density at radius 1 is 0.774 bits per heavy atom. The molecule has 172 valence electrons. The van der Waals surface area contributed by atoms with Crippen molar-refractivity contribution in [3.05, 3.63) is 47.3 Å². The van der Waals surface area contributed by atoms with E-state index in [1.807, 2.05) is 0 Å². The standard InChI is InChI=1S/C26H37F3N2/c1-3-5-7-9-10-11-13-20-18-30-26(31-19-20)23-16-15-21(24(28)25(23)29)17-22(27)14-12-8-6-4-2/h15-16,18-19,22H,3-14,17H2,1-2H3. The van der Waals surface area contributed by atoms with Crippen molar-refractivity contribution in [3.63, 3.8) is 0 Å². The van der Waals surface area contributed by atoms with Crippen LogP contribution < -0.4 is 0 Å². The minimum atomic E-state index is -1.16. The van der Waals surface area contributed by atoms with Crippen LogP contribution in [0.5, 0.6) is 0 Å². The first-order chi connectivity index (χ1) is 15.1. The minimum absolute atomic E-state index is 0.0192. The monoisotopic (exact) mass is 434 g/mol. The van der Waals surface area contributed by atoms with Crippen molar-refractivity contribution in [3.8, 4) is 11.4 Å². The fourth-order valence-corrected chi connectivity index (χ4v) is 3.79. The van der Waals surface area contributed by atoms with Crippen molar-refractivity contribution < 1.29 is 13.2 Å². The molecule has 0 aliphatic rings. The second-order valence-electron chi connectivity index (χ2n) is 8.48. The summed E-state index contributed by atoms with van der Waals surface area (Å²) in [6, 6.07) is 2.92. The molecule has 2 rings (SSSR count). The van der Waals surface area contributed by atoms with E-state index in [2.05, 4.69) is 23.8 Å². The van der Waals surface area contributed by atoms with Crippen LogP contribution in [-0.4, -0.2) is 16.1 Å². The quantitative estimate of drug-likeness (QED) is 0.264. The number of nitrogens with zero attached hydrogens (tertiary/aromatic N) is 2. The van der Waals surface area contributed by atoms with Gasteiger partial charge >= 0.3 is 0 Å². The molecule has 31 heavy (non-hydrogen) atoms. The van der Waals surface area contributed by atoms with Crippen LogP contribution in [0.3, 0.4) is 0 Å². The number of aryl methyl sites for hydroxylation is 1. The maximum Gasteiger partial charge on any atom is 0.170 e. The largest absolute Gasteiger partial charge is 0.247 e. The number of hydrogen-bond donors (Lipinski definition) is 0. The zero-order valence-electron chi connectivity index (χ0n) is 19.1. The van der Waals surface area contributed by atoms with Gasteiger partial charge in [-0.25, -0.2) is 23.1 Å². The highest BCUT2D eigenvalue weighted by Gasteiger charge is 2.19. The van der Waals surface area contributed by atoms with E-state index in [-0.39, 0.29) is 23.4 Å². The van der Waals surface area contributed by atoms with Gasteiger partial charge in [0.1, 0.15) is 6.17 Å². The molecule has 1 heterocycles. The molecule has 0 spiro atoms. The lowest BCUT2D eigenvalue weighted by Crippen LogP contribution is -2.08. The Morgan fingerprint density at radius 2 is 1.39 bits per heavy atom. The van der Waals surface area contributed by atoms with Gasteiger partial charge in [0.05, 0.1) is 5.56 Å². The van der Waals surface area contributed by atoms with Crippen LogP contribution in [0.1, 0.15) is 95.6 Å². The molecule has 5 heteroatoms. The molecular weight excluding hydrogens is 397 g/mol. The molecule has 0 saturated carbocycles. The Kier molecular flexibility index (Phi) is 11.6. The lowest BCUT2D eigenvalue weighted by Gasteiger charge is -2.11. The number of aromatic nitrogens is 2. The van der Waals surface area contributed by atoms with Crippen molar-refractivity contribution >= 4 is 0 Å². The van der Waals surface area contributed by atoms with Gasteiger partial charge in [-0.2, -0.15) is 0 Å². The zero-order chi connectivity index (χ0) is 22.5. The van der Waals surface area contributed by atoms with E-state index in [0.717, 1.165) is 44.1 Å². The molecule has 0 aliphatic carbocycles. The molecule has 0 saturated heterocycles. The van der Waals surface area contributed by atoms with Crippen molar-refractivity contribution in [2.24, 2.45) is 0 Å². The number of rotatable bonds is 15. The van der Waals surface area contributed by atoms with Crippen LogP contribution in [0.2, 0.25) is 0 Å². The van der Waals surface area contributed by atoms with Gasteiger partial charge in [-0.05, 0) is 36.5 Å². The second kappa shape index (κ2) is 14.2. The highest BCUT2D eigenvalue weighted by Crippen LogP contribution is 2.26. The SMILES string of the molecule is CCCCCCCCc1cnc(-c2ccc(CC(F)CCCCCC)c(F)c2F)nc1. The van der Waals surface area contributed by atoms with Crippen molar-refractivity contribution in [1.82, 2.24) is 9.97 Å². The normalized spacial score (nSPS) is 12.3. The van der Waals surface area contributed by atoms with Gasteiger partial charge < -0.3 is 0 Å². The van der Waals surface area contributed by atoms with Crippen LogP contribution in [0.15, 0.2) is 24.5 Å². The van der Waals surface area contributed by atoms with E-state index >= 15 is 0 Å². The molecule has 0 fully saturated rings. The van der Waals surface area contributed by atoms with Crippen molar-refractivity contribution in [2.75, 3.05) is 0 Å². The van der Waals surface area contributed by atoms with Gasteiger partial charge in [0.15, 0.2) is 17.5 Å². The van der Waals surface area contributed by atoms with E-state index in [1.54, 1.807) is 12.4 Å². The summed E-state index contributed by atoms with van der Waals surface area (Å²) >= 11 is 0. The lowest BCUT2D eigenvalue weighted by molar-refractivity contribution is 0.299. The Bertz CT molecular complexity index is 762. The molecule has 2 nitrogen and oxygen atoms in total. The number of alkyl halides is 1. The van der Waals surface area contributed by atoms with Gasteiger partial charge in [-0.15, -0.1) is 0 Å². The summed E-state index contributed by atoms with van der Waals surface area (Å²) in [5.41, 5.74) is 1.09. The highest BCUT2D eigenvalue weighted by molar-refractivity contribution is 5.56.